The normalized spacial score (nSPS) is 24.8. The minimum atomic E-state index is -5.09. The average Bonchev–Trinajstić information content (AvgIpc) is 3.04. The molecule has 1 aliphatic heterocycles. The number of carbonyl (C=O) groups excluding carboxylic acids is 2. The number of primary amides is 1. The van der Waals surface area contributed by atoms with E-state index in [9.17, 15) is 45.5 Å². The van der Waals surface area contributed by atoms with Crippen LogP contribution in [0.3, 0.4) is 0 Å². The zero-order valence-corrected chi connectivity index (χ0v) is 18.4. The molecule has 1 aromatic carbocycles. The summed E-state index contributed by atoms with van der Waals surface area (Å²) in [6.45, 7) is -2.08. The van der Waals surface area contributed by atoms with Crippen molar-refractivity contribution < 1.29 is 55.0 Å². The van der Waals surface area contributed by atoms with Crippen molar-refractivity contribution in [1.29, 1.82) is 0 Å². The van der Waals surface area contributed by atoms with Gasteiger partial charge in [0.1, 0.15) is 11.8 Å². The Hall–Kier alpha value is -3.62. The molecule has 1 fully saturated rings. The van der Waals surface area contributed by atoms with Crippen molar-refractivity contribution in [3.8, 4) is 5.75 Å². The summed E-state index contributed by atoms with van der Waals surface area (Å²) >= 11 is 0. The Morgan fingerprint density at radius 3 is 2.44 bits per heavy atom. The number of aromatic nitrogens is 1. The van der Waals surface area contributed by atoms with E-state index in [1.165, 1.54) is 0 Å². The second-order valence-electron chi connectivity index (χ2n) is 8.04. The van der Waals surface area contributed by atoms with E-state index >= 15 is 0 Å². The highest BCUT2D eigenvalue weighted by atomic mass is 19.4. The van der Waals surface area contributed by atoms with E-state index in [4.69, 9.17) is 10.5 Å². The summed E-state index contributed by atoms with van der Waals surface area (Å²) in [6, 6.07) is 3.04. The van der Waals surface area contributed by atoms with Crippen LogP contribution in [0.25, 0.3) is 0 Å². The lowest BCUT2D eigenvalue weighted by Gasteiger charge is -2.32. The molecule has 0 spiro atoms. The van der Waals surface area contributed by atoms with E-state index < -0.39 is 76.8 Å². The predicted molar refractivity (Wildman–Crippen MR) is 105 cm³/mol. The largest absolute Gasteiger partial charge is 0.431 e. The molecule has 1 aliphatic rings. The molecule has 15 heteroatoms. The van der Waals surface area contributed by atoms with E-state index in [2.05, 4.69) is 9.73 Å². The third-order valence-corrected chi connectivity index (χ3v) is 5.97. The van der Waals surface area contributed by atoms with Gasteiger partial charge < -0.3 is 20.4 Å². The molecule has 0 aliphatic carbocycles. The molecular weight excluding hydrogens is 507 g/mol. The zero-order chi connectivity index (χ0) is 27.2. The van der Waals surface area contributed by atoms with Gasteiger partial charge in [-0.15, -0.1) is 0 Å². The van der Waals surface area contributed by atoms with Crippen LogP contribution in [0.1, 0.15) is 35.8 Å². The van der Waals surface area contributed by atoms with Crippen molar-refractivity contribution in [2.75, 3.05) is 0 Å². The maximum Gasteiger partial charge on any atom is 0.417 e. The number of benzene rings is 1. The van der Waals surface area contributed by atoms with Crippen molar-refractivity contribution in [3.05, 3.63) is 58.7 Å². The lowest BCUT2D eigenvalue weighted by molar-refractivity contribution is -0.272. The minimum absolute atomic E-state index is 0.304. The summed E-state index contributed by atoms with van der Waals surface area (Å²) in [5.41, 5.74) is 0.832. The highest BCUT2D eigenvalue weighted by Gasteiger charge is 2.66. The smallest absolute Gasteiger partial charge is 0.417 e. The second kappa shape index (κ2) is 9.44. The van der Waals surface area contributed by atoms with Crippen LogP contribution >= 0.6 is 0 Å². The molecule has 0 bridgehead atoms. The average molecular weight is 525 g/mol. The number of nitrogens with two attached hydrogens (primary N) is 1. The molecule has 3 N–H and O–H groups in total. The molecule has 1 saturated heterocycles. The number of hydrogen-bond acceptors (Lipinski definition) is 5. The van der Waals surface area contributed by atoms with Gasteiger partial charge in [-0.2, -0.15) is 31.1 Å². The summed E-state index contributed by atoms with van der Waals surface area (Å²) in [5, 5.41) is 9.25. The molecule has 3 rings (SSSR count). The van der Waals surface area contributed by atoms with Gasteiger partial charge in [-0.05, 0) is 25.1 Å². The Bertz CT molecular complexity index is 1260. The molecule has 196 valence electrons. The quantitative estimate of drug-likeness (QED) is 0.459. The number of halogens is 7. The van der Waals surface area contributed by atoms with Crippen molar-refractivity contribution in [2.24, 2.45) is 16.6 Å². The fourth-order valence-corrected chi connectivity index (χ4v) is 3.95. The Morgan fingerprint density at radius 2 is 1.89 bits per heavy atom. The fraction of sp³-hybridized carbons (Fsp3) is 0.381. The molecule has 0 unspecified atom stereocenters. The summed E-state index contributed by atoms with van der Waals surface area (Å²) in [6.07, 6.45) is -6.35. The first-order chi connectivity index (χ1) is 16.6. The van der Waals surface area contributed by atoms with Crippen molar-refractivity contribution >= 4 is 11.8 Å². The summed E-state index contributed by atoms with van der Waals surface area (Å²) in [5.74, 6) is -10.9. The van der Waals surface area contributed by atoms with E-state index in [1.807, 2.05) is 0 Å². The first-order valence-corrected chi connectivity index (χ1v) is 10.1. The van der Waals surface area contributed by atoms with Crippen molar-refractivity contribution in [3.63, 3.8) is 0 Å². The van der Waals surface area contributed by atoms with Crippen LogP contribution in [0.4, 0.5) is 30.7 Å². The maximum atomic E-state index is 14.4. The van der Waals surface area contributed by atoms with Gasteiger partial charge in [-0.3, -0.25) is 9.59 Å². The molecule has 2 heterocycles. The summed E-state index contributed by atoms with van der Waals surface area (Å²) in [7, 11) is 0. The molecule has 4 atom stereocenters. The standard InChI is InChI=1S/C21H18F7N3O5/c1-8-13(10-3-4-11(22)14(23)15(10)35-19(24)25)16(36-20(8,2)21(26,27)28)18(33)30-9-5-6-31(34)12(7-9)17(29)32/h3-8,13,16,19,34H,1-2H3,(H2,29,32)/t8-,13+,16-,20-/m1/s1. The molecule has 8 nitrogen and oxygen atoms in total. The zero-order valence-electron chi connectivity index (χ0n) is 18.4. The van der Waals surface area contributed by atoms with Gasteiger partial charge in [0.25, 0.3) is 11.8 Å². The SMILES string of the molecule is C[C@@H]1[C@@H](c2ccc(F)c(F)c2OC(F)F)[C@H](C(=O)N=c2ccn(O)c(C(N)=O)c2)O[C@@]1(C)C(F)(F)F. The number of alkyl halides is 5. The minimum Gasteiger partial charge on any atom is -0.431 e. The Kier molecular flexibility index (Phi) is 7.08. The van der Waals surface area contributed by atoms with Gasteiger partial charge in [0.2, 0.25) is 5.82 Å². The maximum absolute atomic E-state index is 14.4. The van der Waals surface area contributed by atoms with Gasteiger partial charge in [-0.25, -0.2) is 9.38 Å². The predicted octanol–water partition coefficient (Wildman–Crippen LogP) is 3.27. The molecule has 2 amide bonds. The van der Waals surface area contributed by atoms with Crippen molar-refractivity contribution in [2.45, 2.75) is 44.3 Å². The number of ether oxygens (including phenoxy) is 2. The fourth-order valence-electron chi connectivity index (χ4n) is 3.95. The van der Waals surface area contributed by atoms with Gasteiger partial charge in [-0.1, -0.05) is 13.0 Å². The molecule has 1 aromatic heterocycles. The number of carbonyl (C=O) groups is 2. The molecule has 36 heavy (non-hydrogen) atoms. The molecule has 0 radical (unpaired) electrons. The lowest BCUT2D eigenvalue weighted by Crippen LogP contribution is -2.47. The van der Waals surface area contributed by atoms with Crippen LogP contribution in [-0.2, 0) is 9.53 Å². The third-order valence-electron chi connectivity index (χ3n) is 5.97. The van der Waals surface area contributed by atoms with Crippen LogP contribution in [-0.4, -0.2) is 46.2 Å². The van der Waals surface area contributed by atoms with Crippen LogP contribution in [0.2, 0.25) is 0 Å². The van der Waals surface area contributed by atoms with E-state index in [1.54, 1.807) is 0 Å². The van der Waals surface area contributed by atoms with Crippen molar-refractivity contribution in [1.82, 2.24) is 4.73 Å². The number of pyridine rings is 1. The third kappa shape index (κ3) is 4.74. The molecule has 2 aromatic rings. The highest BCUT2D eigenvalue weighted by Crippen LogP contribution is 2.55. The Balaban J connectivity index is 2.20. The monoisotopic (exact) mass is 525 g/mol. The van der Waals surface area contributed by atoms with Gasteiger partial charge in [0.15, 0.2) is 17.2 Å². The first-order valence-electron chi connectivity index (χ1n) is 10.1. The Labute approximate surface area is 197 Å². The van der Waals surface area contributed by atoms with Gasteiger partial charge >= 0.3 is 12.8 Å². The number of hydrogen-bond donors (Lipinski definition) is 2. The van der Waals surface area contributed by atoms with E-state index in [-0.39, 0.29) is 5.36 Å². The lowest BCUT2D eigenvalue weighted by atomic mass is 9.77. The summed E-state index contributed by atoms with van der Waals surface area (Å²) < 4.78 is 105. The van der Waals surface area contributed by atoms with Crippen LogP contribution in [0, 0.1) is 17.6 Å². The van der Waals surface area contributed by atoms with Crippen LogP contribution < -0.4 is 15.8 Å². The number of amides is 2. The Morgan fingerprint density at radius 1 is 1.25 bits per heavy atom. The van der Waals surface area contributed by atoms with Crippen LogP contribution in [0.15, 0.2) is 35.5 Å². The first kappa shape index (κ1) is 27.0. The number of rotatable bonds is 5. The van der Waals surface area contributed by atoms with Gasteiger partial charge in [0, 0.05) is 23.6 Å². The highest BCUT2D eigenvalue weighted by molar-refractivity contribution is 5.91. The van der Waals surface area contributed by atoms with E-state index in [0.717, 1.165) is 25.3 Å². The van der Waals surface area contributed by atoms with Crippen LogP contribution in [0.5, 0.6) is 5.75 Å². The number of nitrogens with zero attached hydrogens (tertiary/aromatic N) is 2. The topological polar surface area (TPSA) is 116 Å². The van der Waals surface area contributed by atoms with E-state index in [0.29, 0.717) is 23.8 Å². The molecule has 0 saturated carbocycles. The van der Waals surface area contributed by atoms with Gasteiger partial charge in [0.05, 0.1) is 5.36 Å². The molecular formula is C21H18F7N3O5. The summed E-state index contributed by atoms with van der Waals surface area (Å²) in [4.78, 5) is 28.0. The second-order valence-corrected chi connectivity index (χ2v) is 8.04.